The maximum atomic E-state index is 13.9. The molecule has 1 atom stereocenters. The minimum atomic E-state index is -0.677. The summed E-state index contributed by atoms with van der Waals surface area (Å²) in [5.41, 5.74) is 2.69. The first-order valence-electron chi connectivity index (χ1n) is 10.5. The molecule has 0 saturated carbocycles. The Balaban J connectivity index is 1.42. The molecule has 6 heteroatoms. The van der Waals surface area contributed by atoms with Crippen molar-refractivity contribution in [2.45, 2.75) is 38.0 Å². The summed E-state index contributed by atoms with van der Waals surface area (Å²) in [6.45, 7) is 1.52. The van der Waals surface area contributed by atoms with Gasteiger partial charge in [-0.3, -0.25) is 9.69 Å². The number of aliphatic hydroxyl groups is 1. The SMILES string of the molecule is CNC(=O)Cc1ccc2ccn(C3CCN(C(O)Cc4ccccc4F)CC3)c2c1. The van der Waals surface area contributed by atoms with Gasteiger partial charge in [0.05, 0.1) is 6.42 Å². The van der Waals surface area contributed by atoms with E-state index in [0.29, 0.717) is 24.4 Å². The summed E-state index contributed by atoms with van der Waals surface area (Å²) in [5.74, 6) is -0.262. The number of benzene rings is 2. The van der Waals surface area contributed by atoms with Crippen LogP contribution < -0.4 is 5.32 Å². The minimum absolute atomic E-state index is 0.00426. The highest BCUT2D eigenvalue weighted by Crippen LogP contribution is 2.29. The standard InChI is InChI=1S/C24H28FN3O2/c1-26-23(29)15-17-6-7-18-8-13-28(22(18)14-17)20-9-11-27(12-10-20)24(30)16-19-4-2-3-5-21(19)25/h2-8,13-14,20,24,30H,9-12,15-16H2,1H3,(H,26,29). The van der Waals surface area contributed by atoms with Gasteiger partial charge in [0, 0.05) is 44.3 Å². The molecule has 1 saturated heterocycles. The van der Waals surface area contributed by atoms with Crippen molar-refractivity contribution in [1.29, 1.82) is 0 Å². The highest BCUT2D eigenvalue weighted by atomic mass is 19.1. The number of carbonyl (C=O) groups is 1. The lowest BCUT2D eigenvalue weighted by Crippen LogP contribution is -2.42. The maximum Gasteiger partial charge on any atom is 0.224 e. The van der Waals surface area contributed by atoms with Crippen molar-refractivity contribution in [2.24, 2.45) is 0 Å². The molecule has 1 aliphatic heterocycles. The number of amides is 1. The third kappa shape index (κ3) is 4.40. The van der Waals surface area contributed by atoms with Gasteiger partial charge in [-0.1, -0.05) is 30.3 Å². The molecule has 1 amide bonds. The maximum absolute atomic E-state index is 13.9. The highest BCUT2D eigenvalue weighted by Gasteiger charge is 2.26. The zero-order chi connectivity index (χ0) is 21.1. The van der Waals surface area contributed by atoms with Gasteiger partial charge in [0.25, 0.3) is 0 Å². The fourth-order valence-corrected chi connectivity index (χ4v) is 4.35. The molecule has 1 unspecified atom stereocenters. The predicted molar refractivity (Wildman–Crippen MR) is 116 cm³/mol. The molecule has 3 aromatic rings. The van der Waals surface area contributed by atoms with E-state index in [2.05, 4.69) is 34.3 Å². The minimum Gasteiger partial charge on any atom is -0.378 e. The van der Waals surface area contributed by atoms with Crippen LogP contribution >= 0.6 is 0 Å². The Kier molecular flexibility index (Phi) is 6.16. The summed E-state index contributed by atoms with van der Waals surface area (Å²) in [4.78, 5) is 13.8. The van der Waals surface area contributed by atoms with Gasteiger partial charge in [-0.15, -0.1) is 0 Å². The largest absolute Gasteiger partial charge is 0.378 e. The smallest absolute Gasteiger partial charge is 0.224 e. The summed E-state index contributed by atoms with van der Waals surface area (Å²) in [5, 5.41) is 14.4. The summed E-state index contributed by atoms with van der Waals surface area (Å²) in [6.07, 6.45) is 3.94. The Hall–Kier alpha value is -2.70. The molecule has 4 rings (SSSR count). The van der Waals surface area contributed by atoms with Crippen LogP contribution in [0, 0.1) is 5.82 Å². The topological polar surface area (TPSA) is 57.5 Å². The van der Waals surface area contributed by atoms with Crippen LogP contribution in [0.2, 0.25) is 0 Å². The second-order valence-electron chi connectivity index (χ2n) is 8.01. The van der Waals surface area contributed by atoms with Gasteiger partial charge in [0.2, 0.25) is 5.91 Å². The van der Waals surface area contributed by atoms with Crippen molar-refractivity contribution in [3.8, 4) is 0 Å². The fraction of sp³-hybridized carbons (Fsp3) is 0.375. The third-order valence-electron chi connectivity index (χ3n) is 6.11. The molecule has 0 spiro atoms. The number of nitrogens with zero attached hydrogens (tertiary/aromatic N) is 2. The quantitative estimate of drug-likeness (QED) is 0.657. The van der Waals surface area contributed by atoms with Crippen LogP contribution in [0.25, 0.3) is 10.9 Å². The van der Waals surface area contributed by atoms with E-state index in [9.17, 15) is 14.3 Å². The zero-order valence-electron chi connectivity index (χ0n) is 17.2. The molecule has 1 fully saturated rings. The van der Waals surface area contributed by atoms with Crippen LogP contribution in [-0.2, 0) is 17.6 Å². The van der Waals surface area contributed by atoms with E-state index in [1.165, 1.54) is 6.07 Å². The van der Waals surface area contributed by atoms with E-state index < -0.39 is 6.23 Å². The zero-order valence-corrected chi connectivity index (χ0v) is 17.2. The molecule has 158 valence electrons. The first-order valence-corrected chi connectivity index (χ1v) is 10.5. The summed E-state index contributed by atoms with van der Waals surface area (Å²) < 4.78 is 16.2. The van der Waals surface area contributed by atoms with Crippen LogP contribution in [0.3, 0.4) is 0 Å². The number of halogens is 1. The van der Waals surface area contributed by atoms with Crippen LogP contribution in [0.1, 0.15) is 30.0 Å². The van der Waals surface area contributed by atoms with Crippen LogP contribution in [0.4, 0.5) is 4.39 Å². The van der Waals surface area contributed by atoms with Gasteiger partial charge in [-0.25, -0.2) is 4.39 Å². The molecule has 1 aliphatic rings. The van der Waals surface area contributed by atoms with Crippen molar-refractivity contribution >= 4 is 16.8 Å². The summed E-state index contributed by atoms with van der Waals surface area (Å²) in [7, 11) is 1.65. The van der Waals surface area contributed by atoms with Gasteiger partial charge < -0.3 is 15.0 Å². The number of likely N-dealkylation sites (N-methyl/N-ethyl adjacent to an activating group) is 1. The first-order chi connectivity index (χ1) is 14.5. The van der Waals surface area contributed by atoms with E-state index in [1.54, 1.807) is 25.2 Å². The lowest BCUT2D eigenvalue weighted by molar-refractivity contribution is -0.119. The molecular weight excluding hydrogens is 381 g/mol. The average molecular weight is 410 g/mol. The molecule has 0 bridgehead atoms. The van der Waals surface area contributed by atoms with Gasteiger partial charge in [0.1, 0.15) is 12.0 Å². The lowest BCUT2D eigenvalue weighted by atomic mass is 10.0. The number of piperidine rings is 1. The van der Waals surface area contributed by atoms with Gasteiger partial charge >= 0.3 is 0 Å². The van der Waals surface area contributed by atoms with Crippen molar-refractivity contribution in [2.75, 3.05) is 20.1 Å². The van der Waals surface area contributed by atoms with Crippen LogP contribution in [0.5, 0.6) is 0 Å². The highest BCUT2D eigenvalue weighted by molar-refractivity contribution is 5.84. The Bertz CT molecular complexity index is 1020. The van der Waals surface area contributed by atoms with E-state index in [1.807, 2.05) is 11.0 Å². The monoisotopic (exact) mass is 409 g/mol. The number of aromatic nitrogens is 1. The number of carbonyl (C=O) groups excluding carboxylic acids is 1. The molecule has 0 radical (unpaired) electrons. The number of hydrogen-bond acceptors (Lipinski definition) is 3. The van der Waals surface area contributed by atoms with Crippen molar-refractivity contribution < 1.29 is 14.3 Å². The van der Waals surface area contributed by atoms with E-state index >= 15 is 0 Å². The molecule has 30 heavy (non-hydrogen) atoms. The van der Waals surface area contributed by atoms with Crippen molar-refractivity contribution in [3.05, 3.63) is 71.7 Å². The molecule has 2 aromatic carbocycles. The third-order valence-corrected chi connectivity index (χ3v) is 6.11. The molecular formula is C24H28FN3O2. The molecule has 5 nitrogen and oxygen atoms in total. The number of likely N-dealkylation sites (tertiary alicyclic amines) is 1. The molecule has 0 aliphatic carbocycles. The molecule has 1 aromatic heterocycles. The summed E-state index contributed by atoms with van der Waals surface area (Å²) in [6, 6.07) is 15.3. The Morgan fingerprint density at radius 3 is 2.70 bits per heavy atom. The Morgan fingerprint density at radius 1 is 1.20 bits per heavy atom. The average Bonchev–Trinajstić information content (AvgIpc) is 3.18. The van der Waals surface area contributed by atoms with Crippen LogP contribution in [0.15, 0.2) is 54.7 Å². The first kappa shape index (κ1) is 20.6. The Morgan fingerprint density at radius 2 is 1.97 bits per heavy atom. The second kappa shape index (κ2) is 8.98. The van der Waals surface area contributed by atoms with Crippen molar-refractivity contribution in [3.63, 3.8) is 0 Å². The number of fused-ring (bicyclic) bond motifs is 1. The van der Waals surface area contributed by atoms with Gasteiger partial charge in [-0.2, -0.15) is 0 Å². The van der Waals surface area contributed by atoms with Gasteiger partial charge in [-0.05, 0) is 47.6 Å². The van der Waals surface area contributed by atoms with Crippen LogP contribution in [-0.4, -0.2) is 46.8 Å². The number of rotatable bonds is 6. The normalized spacial score (nSPS) is 16.6. The van der Waals surface area contributed by atoms with Gasteiger partial charge in [0.15, 0.2) is 0 Å². The molecule has 2 heterocycles. The second-order valence-corrected chi connectivity index (χ2v) is 8.01. The number of aliphatic hydroxyl groups excluding tert-OH is 1. The lowest BCUT2D eigenvalue weighted by Gasteiger charge is -2.36. The predicted octanol–water partition coefficient (Wildman–Crippen LogP) is 3.27. The molecule has 2 N–H and O–H groups in total. The number of nitrogens with one attached hydrogen (secondary N) is 1. The van der Waals surface area contributed by atoms with Crippen molar-refractivity contribution in [1.82, 2.24) is 14.8 Å². The summed E-state index contributed by atoms with van der Waals surface area (Å²) >= 11 is 0. The van der Waals surface area contributed by atoms with E-state index in [4.69, 9.17) is 0 Å². The van der Waals surface area contributed by atoms with E-state index in [-0.39, 0.29) is 11.7 Å². The number of hydrogen-bond donors (Lipinski definition) is 2. The Labute approximate surface area is 176 Å². The fourth-order valence-electron chi connectivity index (χ4n) is 4.35. The van der Waals surface area contributed by atoms with E-state index in [0.717, 1.165) is 42.4 Å².